The number of unbranched alkanes of at least 4 members (excludes halogenated alkanes) is 3. The molecule has 0 radical (unpaired) electrons. The summed E-state index contributed by atoms with van der Waals surface area (Å²) in [5, 5.41) is 0. The van der Waals surface area contributed by atoms with Crippen molar-refractivity contribution in [3.05, 3.63) is 71.8 Å². The minimum absolute atomic E-state index is 0. The van der Waals surface area contributed by atoms with Crippen molar-refractivity contribution in [3.63, 3.8) is 0 Å². The molecule has 2 aromatic carbocycles. The monoisotopic (exact) mass is 481 g/mol. The van der Waals surface area contributed by atoms with Crippen molar-refractivity contribution in [1.29, 1.82) is 0 Å². The summed E-state index contributed by atoms with van der Waals surface area (Å²) >= 11 is 0. The number of nitrogens with zero attached hydrogens (tertiary/aromatic N) is 2. The molecule has 0 heterocycles. The molecule has 2 nitrogen and oxygen atoms in total. The van der Waals surface area contributed by atoms with Crippen LogP contribution in [0.25, 0.3) is 0 Å². The lowest BCUT2D eigenvalue weighted by molar-refractivity contribution is -0.904. The zero-order chi connectivity index (χ0) is 18.9. The molecule has 2 rings (SSSR count). The van der Waals surface area contributed by atoms with Gasteiger partial charge in [-0.05, 0) is 25.7 Å². The predicted molar refractivity (Wildman–Crippen MR) is 113 cm³/mol. The van der Waals surface area contributed by atoms with Gasteiger partial charge in [0.15, 0.2) is 0 Å². The molecular weight excluding hydrogens is 443 g/mol. The molecule has 3 heteroatoms. The molecule has 0 bridgehead atoms. The lowest BCUT2D eigenvalue weighted by Gasteiger charge is -2.31. The first-order valence-corrected chi connectivity index (χ1v) is 10.1. The van der Waals surface area contributed by atoms with Gasteiger partial charge in [0.05, 0.1) is 41.3 Å². The Hall–Kier alpha value is -0.910. The number of hydrogen-bond acceptors (Lipinski definition) is 0. The van der Waals surface area contributed by atoms with Gasteiger partial charge in [0.2, 0.25) is 0 Å². The number of rotatable bonds is 11. The highest BCUT2D eigenvalue weighted by Crippen LogP contribution is 2.14. The summed E-state index contributed by atoms with van der Waals surface area (Å²) in [5.41, 5.74) is 2.88. The molecule has 0 spiro atoms. The van der Waals surface area contributed by atoms with Crippen molar-refractivity contribution in [2.24, 2.45) is 0 Å². The van der Waals surface area contributed by atoms with Crippen molar-refractivity contribution in [1.82, 2.24) is 0 Å². The van der Waals surface area contributed by atoms with Crippen LogP contribution in [0.1, 0.15) is 36.8 Å². The van der Waals surface area contributed by atoms with Gasteiger partial charge >= 0.3 is 0 Å². The fraction of sp³-hybridized carbons (Fsp3) is 0.500. The zero-order valence-corrected chi connectivity index (χ0v) is 19.9. The molecule has 0 atom stereocenters. The second-order valence-electron chi connectivity index (χ2n) is 9.02. The largest absolute Gasteiger partial charge is 1.00 e. The normalized spacial score (nSPS) is 11.9. The molecular formula is C24H38IN2+. The average Bonchev–Trinajstić information content (AvgIpc) is 2.59. The average molecular weight is 481 g/mol. The van der Waals surface area contributed by atoms with E-state index in [0.29, 0.717) is 0 Å². The van der Waals surface area contributed by atoms with Gasteiger partial charge in [0.25, 0.3) is 0 Å². The molecule has 0 saturated carbocycles. The molecule has 0 aliphatic heterocycles. The van der Waals surface area contributed by atoms with Crippen LogP contribution in [0.15, 0.2) is 60.7 Å². The van der Waals surface area contributed by atoms with E-state index in [-0.39, 0.29) is 24.0 Å². The molecule has 0 aliphatic carbocycles. The Balaban J connectivity index is 0.00000364. The van der Waals surface area contributed by atoms with E-state index < -0.39 is 0 Å². The molecule has 0 amide bonds. The van der Waals surface area contributed by atoms with Crippen molar-refractivity contribution in [2.45, 2.75) is 38.8 Å². The van der Waals surface area contributed by atoms with Crippen LogP contribution in [0.2, 0.25) is 0 Å². The van der Waals surface area contributed by atoms with Crippen molar-refractivity contribution in [2.75, 3.05) is 41.3 Å². The van der Waals surface area contributed by atoms with Crippen LogP contribution in [0, 0.1) is 0 Å². The Labute approximate surface area is 184 Å². The summed E-state index contributed by atoms with van der Waals surface area (Å²) in [5.74, 6) is 0. The summed E-state index contributed by atoms with van der Waals surface area (Å²) < 4.78 is 2.17. The Morgan fingerprint density at radius 1 is 0.519 bits per heavy atom. The SMILES string of the molecule is C[N+](C)(CCCCCC[N+](C)(C)Cc1ccccc1)Cc1ccccc1.[I-]. The standard InChI is InChI=1S/C24H38N2.HI/c1-25(2,21-23-15-9-7-10-16-23)19-13-5-6-14-20-26(3,4)22-24-17-11-8-12-18-24;/h7-12,15-18H,5-6,13-14,19-22H2,1-4H3;1H/q+2;/p-1. The van der Waals surface area contributed by atoms with Crippen LogP contribution in [0.4, 0.5) is 0 Å². The van der Waals surface area contributed by atoms with E-state index in [1.165, 1.54) is 49.9 Å². The number of benzene rings is 2. The fourth-order valence-electron chi connectivity index (χ4n) is 3.75. The van der Waals surface area contributed by atoms with Crippen LogP contribution < -0.4 is 24.0 Å². The van der Waals surface area contributed by atoms with Gasteiger partial charge in [-0.2, -0.15) is 0 Å². The van der Waals surface area contributed by atoms with Gasteiger partial charge in [-0.1, -0.05) is 60.7 Å². The Bertz CT molecular complexity index is 566. The van der Waals surface area contributed by atoms with Crippen LogP contribution in [-0.4, -0.2) is 50.2 Å². The summed E-state index contributed by atoms with van der Waals surface area (Å²) in [6, 6.07) is 21.7. The van der Waals surface area contributed by atoms with Crippen molar-refractivity contribution >= 4 is 0 Å². The Morgan fingerprint density at radius 2 is 0.852 bits per heavy atom. The third kappa shape index (κ3) is 10.3. The predicted octanol–water partition coefficient (Wildman–Crippen LogP) is 2.10. The number of hydrogen-bond donors (Lipinski definition) is 0. The number of halogens is 1. The lowest BCUT2D eigenvalue weighted by atomic mass is 10.1. The Morgan fingerprint density at radius 3 is 1.19 bits per heavy atom. The van der Waals surface area contributed by atoms with Gasteiger partial charge in [0.1, 0.15) is 13.1 Å². The molecule has 0 saturated heterocycles. The molecule has 27 heavy (non-hydrogen) atoms. The molecule has 0 aromatic heterocycles. The maximum atomic E-state index is 2.35. The van der Waals surface area contributed by atoms with Gasteiger partial charge in [0, 0.05) is 11.1 Å². The van der Waals surface area contributed by atoms with Crippen LogP contribution >= 0.6 is 0 Å². The van der Waals surface area contributed by atoms with E-state index >= 15 is 0 Å². The molecule has 0 N–H and O–H groups in total. The molecule has 0 aliphatic rings. The first-order valence-electron chi connectivity index (χ1n) is 10.1. The molecule has 150 valence electrons. The minimum Gasteiger partial charge on any atom is -1.00 e. The summed E-state index contributed by atoms with van der Waals surface area (Å²) in [7, 11) is 9.42. The zero-order valence-electron chi connectivity index (χ0n) is 17.7. The quantitative estimate of drug-likeness (QED) is 0.262. The van der Waals surface area contributed by atoms with Crippen LogP contribution in [0.5, 0.6) is 0 Å². The summed E-state index contributed by atoms with van der Waals surface area (Å²) in [6.45, 7) is 4.78. The van der Waals surface area contributed by atoms with E-state index in [4.69, 9.17) is 0 Å². The van der Waals surface area contributed by atoms with Gasteiger partial charge < -0.3 is 32.9 Å². The molecule has 0 unspecified atom stereocenters. The van der Waals surface area contributed by atoms with E-state index in [0.717, 1.165) is 22.1 Å². The molecule has 2 aromatic rings. The van der Waals surface area contributed by atoms with E-state index in [1.807, 2.05) is 0 Å². The third-order valence-corrected chi connectivity index (χ3v) is 5.18. The van der Waals surface area contributed by atoms with E-state index in [9.17, 15) is 0 Å². The van der Waals surface area contributed by atoms with Crippen molar-refractivity contribution in [3.8, 4) is 0 Å². The highest BCUT2D eigenvalue weighted by Gasteiger charge is 2.17. The van der Waals surface area contributed by atoms with E-state index in [1.54, 1.807) is 0 Å². The second-order valence-corrected chi connectivity index (χ2v) is 9.02. The fourth-order valence-corrected chi connectivity index (χ4v) is 3.75. The lowest BCUT2D eigenvalue weighted by Crippen LogP contribution is -3.00. The minimum atomic E-state index is 0. The third-order valence-electron chi connectivity index (χ3n) is 5.18. The first-order chi connectivity index (χ1) is 12.4. The van der Waals surface area contributed by atoms with Crippen molar-refractivity contribution < 1.29 is 32.9 Å². The maximum absolute atomic E-state index is 2.35. The van der Waals surface area contributed by atoms with Gasteiger partial charge in [-0.3, -0.25) is 0 Å². The van der Waals surface area contributed by atoms with E-state index in [2.05, 4.69) is 88.9 Å². The van der Waals surface area contributed by atoms with Crippen LogP contribution in [0.3, 0.4) is 0 Å². The highest BCUT2D eigenvalue weighted by molar-refractivity contribution is 5.14. The Kier molecular flexibility index (Phi) is 10.6. The summed E-state index contributed by atoms with van der Waals surface area (Å²) in [6.07, 6.45) is 5.35. The first kappa shape index (κ1) is 24.1. The highest BCUT2D eigenvalue weighted by atomic mass is 127. The maximum Gasteiger partial charge on any atom is 0.104 e. The number of quaternary nitrogens is 2. The van der Waals surface area contributed by atoms with Gasteiger partial charge in [-0.25, -0.2) is 0 Å². The summed E-state index contributed by atoms with van der Waals surface area (Å²) in [4.78, 5) is 0. The molecule has 0 fully saturated rings. The topological polar surface area (TPSA) is 0 Å². The van der Waals surface area contributed by atoms with Crippen LogP contribution in [-0.2, 0) is 13.1 Å². The smallest absolute Gasteiger partial charge is 0.104 e. The second kappa shape index (κ2) is 11.8. The van der Waals surface area contributed by atoms with Gasteiger partial charge in [-0.15, -0.1) is 0 Å².